The number of aryl methyl sites for hydroxylation is 1. The van der Waals surface area contributed by atoms with Gasteiger partial charge in [0.05, 0.1) is 16.9 Å². The Morgan fingerprint density at radius 2 is 2.17 bits per heavy atom. The van der Waals surface area contributed by atoms with E-state index >= 15 is 0 Å². The molecule has 0 aliphatic carbocycles. The van der Waals surface area contributed by atoms with Gasteiger partial charge in [0, 0.05) is 13.2 Å². The molecule has 0 saturated carbocycles. The molecule has 0 radical (unpaired) electrons. The molecule has 23 heavy (non-hydrogen) atoms. The Labute approximate surface area is 133 Å². The number of hydrogen-bond donors (Lipinski definition) is 1. The lowest BCUT2D eigenvalue weighted by Crippen LogP contribution is -2.19. The second-order valence-electron chi connectivity index (χ2n) is 4.62. The average molecular weight is 349 g/mol. The van der Waals surface area contributed by atoms with Crippen LogP contribution in [0.3, 0.4) is 0 Å². The third-order valence-corrected chi connectivity index (χ3v) is 3.29. The maximum Gasteiger partial charge on any atom is 0.408 e. The first-order valence-corrected chi connectivity index (χ1v) is 6.68. The molecule has 2 rings (SSSR count). The highest BCUT2D eigenvalue weighted by atomic mass is 35.5. The summed E-state index contributed by atoms with van der Waals surface area (Å²) in [5.41, 5.74) is 2.97. The van der Waals surface area contributed by atoms with Gasteiger partial charge in [0.2, 0.25) is 0 Å². The van der Waals surface area contributed by atoms with Crippen molar-refractivity contribution in [2.24, 2.45) is 12.1 Å². The number of nitrogens with one attached hydrogen (secondary N) is 1. The van der Waals surface area contributed by atoms with Crippen LogP contribution in [0.4, 0.5) is 13.2 Å². The van der Waals surface area contributed by atoms with Crippen molar-refractivity contribution >= 4 is 23.7 Å². The number of carbonyl (C=O) groups is 1. The molecule has 0 aromatic carbocycles. The van der Waals surface area contributed by atoms with Gasteiger partial charge in [-0.15, -0.1) is 0 Å². The molecule has 0 bridgehead atoms. The molecule has 0 aliphatic heterocycles. The summed E-state index contributed by atoms with van der Waals surface area (Å²) in [4.78, 5) is 11.9. The number of amides is 1. The van der Waals surface area contributed by atoms with E-state index < -0.39 is 18.6 Å². The Morgan fingerprint density at radius 1 is 1.48 bits per heavy atom. The second-order valence-corrected chi connectivity index (χ2v) is 5.00. The van der Waals surface area contributed by atoms with Crippen molar-refractivity contribution in [2.75, 3.05) is 0 Å². The van der Waals surface area contributed by atoms with E-state index in [4.69, 9.17) is 11.6 Å². The lowest BCUT2D eigenvalue weighted by atomic mass is 10.3. The molecular formula is C12H12ClF3N6O. The van der Waals surface area contributed by atoms with E-state index in [1.54, 1.807) is 14.0 Å². The van der Waals surface area contributed by atoms with E-state index in [1.165, 1.54) is 10.7 Å². The van der Waals surface area contributed by atoms with Crippen LogP contribution < -0.4 is 5.43 Å². The predicted octanol–water partition coefficient (Wildman–Crippen LogP) is 1.90. The summed E-state index contributed by atoms with van der Waals surface area (Å²) < 4.78 is 38.8. The molecule has 0 spiro atoms. The van der Waals surface area contributed by atoms with E-state index in [-0.39, 0.29) is 16.4 Å². The summed E-state index contributed by atoms with van der Waals surface area (Å²) in [5.74, 6) is -0.635. The van der Waals surface area contributed by atoms with E-state index in [1.807, 2.05) is 0 Å². The van der Waals surface area contributed by atoms with Crippen molar-refractivity contribution in [1.82, 2.24) is 25.0 Å². The molecule has 11 heteroatoms. The third-order valence-electron chi connectivity index (χ3n) is 2.84. The minimum Gasteiger partial charge on any atom is -0.271 e. The molecule has 7 nitrogen and oxygen atoms in total. The van der Waals surface area contributed by atoms with E-state index in [9.17, 15) is 18.0 Å². The zero-order valence-corrected chi connectivity index (χ0v) is 12.9. The van der Waals surface area contributed by atoms with E-state index in [2.05, 4.69) is 20.7 Å². The zero-order valence-electron chi connectivity index (χ0n) is 12.1. The highest BCUT2D eigenvalue weighted by molar-refractivity contribution is 6.34. The van der Waals surface area contributed by atoms with Gasteiger partial charge in [-0.25, -0.2) is 5.43 Å². The lowest BCUT2D eigenvalue weighted by Gasteiger charge is -2.04. The first-order chi connectivity index (χ1) is 10.7. The van der Waals surface area contributed by atoms with Gasteiger partial charge >= 0.3 is 6.18 Å². The normalized spacial score (nSPS) is 12.1. The number of halogens is 4. The van der Waals surface area contributed by atoms with Gasteiger partial charge < -0.3 is 0 Å². The Balaban J connectivity index is 1.99. The fourth-order valence-corrected chi connectivity index (χ4v) is 1.90. The van der Waals surface area contributed by atoms with Gasteiger partial charge in [-0.3, -0.25) is 14.2 Å². The minimum absolute atomic E-state index is 0.00594. The number of aromatic nitrogens is 4. The van der Waals surface area contributed by atoms with Crippen LogP contribution in [-0.2, 0) is 13.6 Å². The smallest absolute Gasteiger partial charge is 0.271 e. The van der Waals surface area contributed by atoms with Gasteiger partial charge in [0.15, 0.2) is 5.69 Å². The van der Waals surface area contributed by atoms with Gasteiger partial charge in [-0.2, -0.15) is 28.5 Å². The summed E-state index contributed by atoms with van der Waals surface area (Å²) in [6.45, 7) is 0.499. The first-order valence-electron chi connectivity index (χ1n) is 6.30. The van der Waals surface area contributed by atoms with Gasteiger partial charge in [-0.05, 0) is 13.0 Å². The molecule has 2 aromatic heterocycles. The molecule has 0 saturated heterocycles. The van der Waals surface area contributed by atoms with Crippen molar-refractivity contribution in [3.8, 4) is 0 Å². The van der Waals surface area contributed by atoms with Gasteiger partial charge in [-0.1, -0.05) is 11.6 Å². The van der Waals surface area contributed by atoms with Crippen LogP contribution in [0.5, 0.6) is 0 Å². The molecule has 1 N–H and O–H groups in total. The quantitative estimate of drug-likeness (QED) is 0.677. The second kappa shape index (κ2) is 6.41. The summed E-state index contributed by atoms with van der Waals surface area (Å²) in [6, 6.07) is 1.33. The highest BCUT2D eigenvalue weighted by Gasteiger charge is 2.28. The predicted molar refractivity (Wildman–Crippen MR) is 76.3 cm³/mol. The summed E-state index contributed by atoms with van der Waals surface area (Å²) >= 11 is 5.95. The fraction of sp³-hybridized carbons (Fsp3) is 0.333. The maximum atomic E-state index is 12.2. The Morgan fingerprint density at radius 3 is 2.74 bits per heavy atom. The number of carbonyl (C=O) groups excluding carboxylic acids is 1. The molecule has 0 aliphatic rings. The van der Waals surface area contributed by atoms with Crippen LogP contribution in [-0.4, -0.2) is 37.9 Å². The SMILES string of the molecule is Cc1c(Cl)c(C(=O)N/N=C/c2ccn(CC(F)(F)F)n2)nn1C. The van der Waals surface area contributed by atoms with E-state index in [0.717, 1.165) is 17.1 Å². The summed E-state index contributed by atoms with van der Waals surface area (Å²) in [6.07, 6.45) is -2.08. The molecule has 0 atom stereocenters. The van der Waals surface area contributed by atoms with Crippen molar-refractivity contribution < 1.29 is 18.0 Å². The van der Waals surface area contributed by atoms with Crippen molar-refractivity contribution in [2.45, 2.75) is 19.6 Å². The number of hydrazone groups is 1. The Hall–Kier alpha value is -2.36. The molecule has 124 valence electrons. The van der Waals surface area contributed by atoms with Crippen LogP contribution in [0.15, 0.2) is 17.4 Å². The average Bonchev–Trinajstić information content (AvgIpc) is 2.97. The van der Waals surface area contributed by atoms with E-state index in [0.29, 0.717) is 5.69 Å². The molecule has 2 heterocycles. The highest BCUT2D eigenvalue weighted by Crippen LogP contribution is 2.19. The Bertz CT molecular complexity index is 749. The number of alkyl halides is 3. The van der Waals surface area contributed by atoms with Crippen molar-refractivity contribution in [3.63, 3.8) is 0 Å². The molecule has 1 amide bonds. The van der Waals surface area contributed by atoms with Crippen molar-refractivity contribution in [1.29, 1.82) is 0 Å². The monoisotopic (exact) mass is 348 g/mol. The molecule has 0 unspecified atom stereocenters. The topological polar surface area (TPSA) is 77.1 Å². The van der Waals surface area contributed by atoms with Crippen LogP contribution in [0, 0.1) is 6.92 Å². The Kier molecular flexibility index (Phi) is 4.73. The standard InChI is InChI=1S/C12H12ClF3N6O/c1-7-9(13)10(20-21(7)2)11(23)18-17-5-8-3-4-22(19-8)6-12(14,15)16/h3-5H,6H2,1-2H3,(H,18,23)/b17-5+. The molecule has 2 aromatic rings. The number of nitrogens with zero attached hydrogens (tertiary/aromatic N) is 5. The maximum absolute atomic E-state index is 12.2. The number of hydrogen-bond acceptors (Lipinski definition) is 4. The lowest BCUT2D eigenvalue weighted by molar-refractivity contribution is -0.142. The van der Waals surface area contributed by atoms with Gasteiger partial charge in [0.25, 0.3) is 5.91 Å². The zero-order chi connectivity index (χ0) is 17.2. The molecule has 0 fully saturated rings. The largest absolute Gasteiger partial charge is 0.408 e. The summed E-state index contributed by atoms with van der Waals surface area (Å²) in [7, 11) is 1.63. The molecular weight excluding hydrogens is 337 g/mol. The summed E-state index contributed by atoms with van der Waals surface area (Å²) in [5, 5.41) is 11.4. The first kappa shape index (κ1) is 17.0. The van der Waals surface area contributed by atoms with Crippen LogP contribution >= 0.6 is 11.6 Å². The number of rotatable bonds is 4. The third kappa shape index (κ3) is 4.31. The van der Waals surface area contributed by atoms with Crippen molar-refractivity contribution in [3.05, 3.63) is 34.4 Å². The van der Waals surface area contributed by atoms with Crippen LogP contribution in [0.1, 0.15) is 21.9 Å². The van der Waals surface area contributed by atoms with Gasteiger partial charge in [0.1, 0.15) is 12.2 Å². The van der Waals surface area contributed by atoms with Crippen LogP contribution in [0.2, 0.25) is 5.02 Å². The fourth-order valence-electron chi connectivity index (χ4n) is 1.66. The van der Waals surface area contributed by atoms with Crippen LogP contribution in [0.25, 0.3) is 0 Å². The minimum atomic E-state index is -4.36.